The monoisotopic (exact) mass is 187 g/mol. The summed E-state index contributed by atoms with van der Waals surface area (Å²) in [5, 5.41) is 0. The van der Waals surface area contributed by atoms with Gasteiger partial charge in [0.2, 0.25) is 0 Å². The van der Waals surface area contributed by atoms with Crippen LogP contribution in [0.3, 0.4) is 0 Å². The first-order chi connectivity index (χ1) is 6.63. The molecule has 1 aromatic carbocycles. The minimum absolute atomic E-state index is 0.471. The summed E-state index contributed by atoms with van der Waals surface area (Å²) in [6, 6.07) is 5.21. The molecule has 1 amide bonds. The van der Waals surface area contributed by atoms with Crippen molar-refractivity contribution in [3.05, 3.63) is 34.9 Å². The highest BCUT2D eigenvalue weighted by atomic mass is 16.1. The molecule has 0 bridgehead atoms. The van der Waals surface area contributed by atoms with Gasteiger partial charge in [0.1, 0.15) is 0 Å². The molecule has 3 heteroatoms. The third-order valence-corrected chi connectivity index (χ3v) is 1.65. The van der Waals surface area contributed by atoms with E-state index in [-0.39, 0.29) is 0 Å². The van der Waals surface area contributed by atoms with Gasteiger partial charge in [-0.3, -0.25) is 9.59 Å². The number of carbonyl (C=O) groups is 2. The molecule has 0 aromatic heterocycles. The van der Waals surface area contributed by atoms with Crippen molar-refractivity contribution < 1.29 is 9.59 Å². The Labute approximate surface area is 81.9 Å². The fourth-order valence-corrected chi connectivity index (χ4v) is 1.02. The molecule has 0 aliphatic heterocycles. The Balaban J connectivity index is 3.17. The number of hydrogen-bond acceptors (Lipinski definition) is 2. The number of primary amides is 1. The third-order valence-electron chi connectivity index (χ3n) is 1.65. The van der Waals surface area contributed by atoms with E-state index in [1.807, 2.05) is 13.0 Å². The molecule has 0 heterocycles. The van der Waals surface area contributed by atoms with Crippen molar-refractivity contribution in [2.24, 2.45) is 5.73 Å². The van der Waals surface area contributed by atoms with Crippen LogP contribution in [0, 0.1) is 18.8 Å². The molecule has 0 radical (unpaired) electrons. The Kier molecular flexibility index (Phi) is 3.03. The van der Waals surface area contributed by atoms with E-state index in [0.717, 1.165) is 5.56 Å². The van der Waals surface area contributed by atoms with Gasteiger partial charge < -0.3 is 5.73 Å². The van der Waals surface area contributed by atoms with E-state index in [0.29, 0.717) is 17.4 Å². The van der Waals surface area contributed by atoms with Gasteiger partial charge in [-0.1, -0.05) is 17.6 Å². The number of rotatable bonds is 1. The van der Waals surface area contributed by atoms with Crippen LogP contribution in [0.5, 0.6) is 0 Å². The van der Waals surface area contributed by atoms with E-state index < -0.39 is 5.91 Å². The Hall–Kier alpha value is -2.08. The number of aryl methyl sites for hydroxylation is 1. The molecule has 70 valence electrons. The van der Waals surface area contributed by atoms with Gasteiger partial charge in [0.15, 0.2) is 6.29 Å². The molecule has 0 saturated carbocycles. The summed E-state index contributed by atoms with van der Waals surface area (Å²) >= 11 is 0. The molecular formula is C11H9NO2. The Morgan fingerprint density at radius 1 is 1.50 bits per heavy atom. The van der Waals surface area contributed by atoms with Crippen molar-refractivity contribution in [3.8, 4) is 11.8 Å². The fourth-order valence-electron chi connectivity index (χ4n) is 1.02. The summed E-state index contributed by atoms with van der Waals surface area (Å²) in [6.45, 7) is 1.87. The van der Waals surface area contributed by atoms with Crippen molar-refractivity contribution >= 4 is 12.2 Å². The van der Waals surface area contributed by atoms with Crippen molar-refractivity contribution in [2.75, 3.05) is 0 Å². The van der Waals surface area contributed by atoms with Gasteiger partial charge in [-0.2, -0.15) is 0 Å². The minimum atomic E-state index is -0.706. The number of aldehydes is 1. The number of nitrogens with two attached hydrogens (primary N) is 1. The van der Waals surface area contributed by atoms with Crippen molar-refractivity contribution in [1.29, 1.82) is 0 Å². The molecule has 3 nitrogen and oxygen atoms in total. The number of hydrogen-bond donors (Lipinski definition) is 1. The highest BCUT2D eigenvalue weighted by Gasteiger charge is 1.98. The predicted octanol–water partition coefficient (Wildman–Crippen LogP) is 0.644. The molecule has 0 atom stereocenters. The average Bonchev–Trinajstić information content (AvgIpc) is 2.15. The Morgan fingerprint density at radius 3 is 2.79 bits per heavy atom. The number of benzene rings is 1. The zero-order valence-electron chi connectivity index (χ0n) is 7.70. The van der Waals surface area contributed by atoms with Crippen molar-refractivity contribution in [2.45, 2.75) is 6.92 Å². The normalized spacial score (nSPS) is 8.64. The van der Waals surface area contributed by atoms with Gasteiger partial charge in [0.05, 0.1) is 0 Å². The molecule has 0 unspecified atom stereocenters. The molecule has 0 spiro atoms. The summed E-state index contributed by atoms with van der Waals surface area (Å²) in [5.41, 5.74) is 6.82. The van der Waals surface area contributed by atoms with Crippen LogP contribution < -0.4 is 5.73 Å². The average molecular weight is 187 g/mol. The number of amides is 1. The first kappa shape index (κ1) is 10.0. The summed E-state index contributed by atoms with van der Waals surface area (Å²) in [6.07, 6.45) is 0.706. The molecule has 1 rings (SSSR count). The SMILES string of the molecule is Cc1ccc(C#CC(N)=O)c(C=O)c1. The molecule has 0 saturated heterocycles. The van der Waals surface area contributed by atoms with E-state index >= 15 is 0 Å². The molecule has 0 aliphatic carbocycles. The summed E-state index contributed by atoms with van der Waals surface area (Å²) < 4.78 is 0. The molecular weight excluding hydrogens is 178 g/mol. The highest BCUT2D eigenvalue weighted by molar-refractivity contribution is 5.93. The van der Waals surface area contributed by atoms with Crippen LogP contribution in [0.2, 0.25) is 0 Å². The van der Waals surface area contributed by atoms with Gasteiger partial charge in [0, 0.05) is 17.0 Å². The molecule has 2 N–H and O–H groups in total. The molecule has 0 aliphatic rings. The quantitative estimate of drug-likeness (QED) is 0.518. The number of carbonyl (C=O) groups excluding carboxylic acids is 2. The van der Waals surface area contributed by atoms with E-state index in [1.165, 1.54) is 0 Å². The molecule has 1 aromatic rings. The van der Waals surface area contributed by atoms with Crippen LogP contribution in [-0.4, -0.2) is 12.2 Å². The van der Waals surface area contributed by atoms with Crippen LogP contribution in [0.4, 0.5) is 0 Å². The maximum absolute atomic E-state index is 10.6. The van der Waals surface area contributed by atoms with Gasteiger partial charge in [-0.15, -0.1) is 0 Å². The topological polar surface area (TPSA) is 60.2 Å². The Bertz CT molecular complexity index is 438. The lowest BCUT2D eigenvalue weighted by molar-refractivity contribution is -0.112. The Morgan fingerprint density at radius 2 is 2.21 bits per heavy atom. The highest BCUT2D eigenvalue weighted by Crippen LogP contribution is 2.07. The van der Waals surface area contributed by atoms with Gasteiger partial charge in [-0.05, 0) is 19.1 Å². The second kappa shape index (κ2) is 4.24. The van der Waals surface area contributed by atoms with Crippen molar-refractivity contribution in [1.82, 2.24) is 0 Å². The second-order valence-electron chi connectivity index (χ2n) is 2.82. The largest absolute Gasteiger partial charge is 0.359 e. The van der Waals surface area contributed by atoms with Crippen LogP contribution in [0.15, 0.2) is 18.2 Å². The zero-order chi connectivity index (χ0) is 10.6. The van der Waals surface area contributed by atoms with Crippen LogP contribution in [-0.2, 0) is 4.79 Å². The van der Waals surface area contributed by atoms with E-state index in [9.17, 15) is 9.59 Å². The lowest BCUT2D eigenvalue weighted by Gasteiger charge is -1.97. The maximum Gasteiger partial charge on any atom is 0.293 e. The molecule has 14 heavy (non-hydrogen) atoms. The smallest absolute Gasteiger partial charge is 0.293 e. The van der Waals surface area contributed by atoms with Crippen LogP contribution >= 0.6 is 0 Å². The van der Waals surface area contributed by atoms with Crippen LogP contribution in [0.1, 0.15) is 21.5 Å². The lowest BCUT2D eigenvalue weighted by atomic mass is 10.1. The molecule has 0 fully saturated rings. The predicted molar refractivity (Wildman–Crippen MR) is 52.6 cm³/mol. The summed E-state index contributed by atoms with van der Waals surface area (Å²) in [4.78, 5) is 21.0. The first-order valence-corrected chi connectivity index (χ1v) is 4.01. The summed E-state index contributed by atoms with van der Waals surface area (Å²) in [7, 11) is 0. The lowest BCUT2D eigenvalue weighted by Crippen LogP contribution is -2.06. The first-order valence-electron chi connectivity index (χ1n) is 4.01. The van der Waals surface area contributed by atoms with Gasteiger partial charge in [-0.25, -0.2) is 0 Å². The third kappa shape index (κ3) is 2.46. The van der Waals surface area contributed by atoms with Crippen LogP contribution in [0.25, 0.3) is 0 Å². The fraction of sp³-hybridized carbons (Fsp3) is 0.0909. The second-order valence-corrected chi connectivity index (χ2v) is 2.82. The van der Waals surface area contributed by atoms with Gasteiger partial charge in [0.25, 0.3) is 5.91 Å². The minimum Gasteiger partial charge on any atom is -0.359 e. The van der Waals surface area contributed by atoms with E-state index in [1.54, 1.807) is 12.1 Å². The van der Waals surface area contributed by atoms with Crippen molar-refractivity contribution in [3.63, 3.8) is 0 Å². The zero-order valence-corrected chi connectivity index (χ0v) is 7.70. The maximum atomic E-state index is 10.6. The van der Waals surface area contributed by atoms with E-state index in [4.69, 9.17) is 5.73 Å². The summed E-state index contributed by atoms with van der Waals surface area (Å²) in [5.74, 6) is 4.01. The van der Waals surface area contributed by atoms with E-state index in [2.05, 4.69) is 11.8 Å². The van der Waals surface area contributed by atoms with Gasteiger partial charge >= 0.3 is 0 Å². The standard InChI is InChI=1S/C11H9NO2/c1-8-2-3-9(4-5-11(12)14)10(6-8)7-13/h2-3,6-7H,1H3,(H2,12,14).